The van der Waals surface area contributed by atoms with Gasteiger partial charge in [-0.05, 0) is 26.2 Å². The van der Waals surface area contributed by atoms with Crippen LogP contribution < -0.4 is 5.32 Å². The first-order valence-electron chi connectivity index (χ1n) is 5.10. The standard InChI is InChI=1S/C10H17N3/c1-3-8(2)12-9-6-11-13(7-9)10-4-5-10/h6-8,10,12H,3-5H2,1-2H3. The van der Waals surface area contributed by atoms with Crippen molar-refractivity contribution in [3.8, 4) is 0 Å². The average molecular weight is 179 g/mol. The van der Waals surface area contributed by atoms with Gasteiger partial charge in [-0.15, -0.1) is 0 Å². The molecule has 0 radical (unpaired) electrons. The molecule has 1 heterocycles. The van der Waals surface area contributed by atoms with E-state index in [4.69, 9.17) is 0 Å². The molecule has 1 aliphatic rings. The van der Waals surface area contributed by atoms with Crippen LogP contribution in [0.2, 0.25) is 0 Å². The van der Waals surface area contributed by atoms with Crippen LogP contribution in [0.15, 0.2) is 12.4 Å². The van der Waals surface area contributed by atoms with Gasteiger partial charge < -0.3 is 5.32 Å². The Morgan fingerprint density at radius 1 is 1.69 bits per heavy atom. The molecule has 1 N–H and O–H groups in total. The van der Waals surface area contributed by atoms with E-state index in [1.165, 1.54) is 12.8 Å². The summed E-state index contributed by atoms with van der Waals surface area (Å²) >= 11 is 0. The van der Waals surface area contributed by atoms with Gasteiger partial charge in [-0.25, -0.2) is 0 Å². The van der Waals surface area contributed by atoms with E-state index in [0.717, 1.165) is 12.1 Å². The van der Waals surface area contributed by atoms with E-state index in [1.807, 2.05) is 6.20 Å². The lowest BCUT2D eigenvalue weighted by atomic mass is 10.2. The van der Waals surface area contributed by atoms with Crippen molar-refractivity contribution in [3.05, 3.63) is 12.4 Å². The third-order valence-electron chi connectivity index (χ3n) is 2.55. The van der Waals surface area contributed by atoms with Gasteiger partial charge in [0, 0.05) is 12.2 Å². The fourth-order valence-corrected chi connectivity index (χ4v) is 1.34. The minimum atomic E-state index is 0.539. The number of aromatic nitrogens is 2. The zero-order chi connectivity index (χ0) is 9.26. The third-order valence-corrected chi connectivity index (χ3v) is 2.55. The second-order valence-electron chi connectivity index (χ2n) is 3.89. The Kier molecular flexibility index (Phi) is 2.25. The number of nitrogens with zero attached hydrogens (tertiary/aromatic N) is 2. The van der Waals surface area contributed by atoms with Gasteiger partial charge >= 0.3 is 0 Å². The van der Waals surface area contributed by atoms with Gasteiger partial charge in [-0.3, -0.25) is 4.68 Å². The Bertz CT molecular complexity index is 275. The maximum atomic E-state index is 4.32. The molecule has 3 heteroatoms. The van der Waals surface area contributed by atoms with Gasteiger partial charge in [-0.1, -0.05) is 6.92 Å². The van der Waals surface area contributed by atoms with Crippen molar-refractivity contribution in [2.45, 2.75) is 45.2 Å². The second kappa shape index (κ2) is 3.40. The minimum absolute atomic E-state index is 0.539. The van der Waals surface area contributed by atoms with Crippen LogP contribution in [-0.2, 0) is 0 Å². The highest BCUT2D eigenvalue weighted by Gasteiger charge is 2.24. The molecule has 0 aliphatic heterocycles. The van der Waals surface area contributed by atoms with Crippen LogP contribution in [0.25, 0.3) is 0 Å². The summed E-state index contributed by atoms with van der Waals surface area (Å²) in [6.07, 6.45) is 7.78. The van der Waals surface area contributed by atoms with Crippen LogP contribution in [0, 0.1) is 0 Å². The molecule has 2 rings (SSSR count). The predicted molar refractivity (Wildman–Crippen MR) is 53.9 cm³/mol. The Morgan fingerprint density at radius 3 is 3.08 bits per heavy atom. The van der Waals surface area contributed by atoms with Gasteiger partial charge in [-0.2, -0.15) is 5.10 Å². The van der Waals surface area contributed by atoms with E-state index in [-0.39, 0.29) is 0 Å². The molecule has 1 unspecified atom stereocenters. The fraction of sp³-hybridized carbons (Fsp3) is 0.700. The van der Waals surface area contributed by atoms with Gasteiger partial charge in [0.25, 0.3) is 0 Å². The summed E-state index contributed by atoms with van der Waals surface area (Å²) in [7, 11) is 0. The molecule has 0 saturated heterocycles. The first-order chi connectivity index (χ1) is 6.29. The third kappa shape index (κ3) is 2.02. The van der Waals surface area contributed by atoms with Gasteiger partial charge in [0.2, 0.25) is 0 Å². The SMILES string of the molecule is CCC(C)Nc1cnn(C2CC2)c1. The summed E-state index contributed by atoms with van der Waals surface area (Å²) in [6, 6.07) is 1.23. The number of rotatable bonds is 4. The molecule has 1 aromatic heterocycles. The molecule has 1 aliphatic carbocycles. The number of anilines is 1. The van der Waals surface area contributed by atoms with E-state index >= 15 is 0 Å². The van der Waals surface area contributed by atoms with Gasteiger partial charge in [0.05, 0.1) is 17.9 Å². The minimum Gasteiger partial charge on any atom is -0.380 e. The molecule has 1 saturated carbocycles. The normalized spacial score (nSPS) is 18.6. The summed E-state index contributed by atoms with van der Waals surface area (Å²) in [6.45, 7) is 4.37. The lowest BCUT2D eigenvalue weighted by Crippen LogP contribution is -2.12. The van der Waals surface area contributed by atoms with Crippen molar-refractivity contribution in [2.75, 3.05) is 5.32 Å². The van der Waals surface area contributed by atoms with E-state index < -0.39 is 0 Å². The number of hydrogen-bond donors (Lipinski definition) is 1. The molecule has 13 heavy (non-hydrogen) atoms. The topological polar surface area (TPSA) is 29.9 Å². The summed E-state index contributed by atoms with van der Waals surface area (Å²) in [5.74, 6) is 0. The summed E-state index contributed by atoms with van der Waals surface area (Å²) < 4.78 is 2.07. The summed E-state index contributed by atoms with van der Waals surface area (Å²) in [5, 5.41) is 7.73. The molecule has 1 fully saturated rings. The van der Waals surface area contributed by atoms with Crippen molar-refractivity contribution in [2.24, 2.45) is 0 Å². The maximum absolute atomic E-state index is 4.32. The Hall–Kier alpha value is -0.990. The molecule has 0 bridgehead atoms. The highest BCUT2D eigenvalue weighted by molar-refractivity contribution is 5.39. The Labute approximate surface area is 79.1 Å². The zero-order valence-corrected chi connectivity index (χ0v) is 8.33. The lowest BCUT2D eigenvalue weighted by Gasteiger charge is -2.09. The highest BCUT2D eigenvalue weighted by atomic mass is 15.3. The van der Waals surface area contributed by atoms with Crippen molar-refractivity contribution >= 4 is 5.69 Å². The quantitative estimate of drug-likeness (QED) is 0.769. The monoisotopic (exact) mass is 179 g/mol. The molecule has 72 valence electrons. The van der Waals surface area contributed by atoms with E-state index in [2.05, 4.69) is 35.1 Å². The average Bonchev–Trinajstić information content (AvgIpc) is 2.88. The second-order valence-corrected chi connectivity index (χ2v) is 3.89. The van der Waals surface area contributed by atoms with Crippen LogP contribution in [0.4, 0.5) is 5.69 Å². The number of nitrogens with one attached hydrogen (secondary N) is 1. The molecule has 0 amide bonds. The van der Waals surface area contributed by atoms with E-state index in [9.17, 15) is 0 Å². The Balaban J connectivity index is 1.96. The predicted octanol–water partition coefficient (Wildman–Crippen LogP) is 2.43. The lowest BCUT2D eigenvalue weighted by molar-refractivity contribution is 0.641. The highest BCUT2D eigenvalue weighted by Crippen LogP contribution is 2.34. The maximum Gasteiger partial charge on any atom is 0.0728 e. The van der Waals surface area contributed by atoms with Crippen LogP contribution in [0.3, 0.4) is 0 Å². The molecule has 1 aromatic rings. The molecule has 0 aromatic carbocycles. The summed E-state index contributed by atoms with van der Waals surface area (Å²) in [5.41, 5.74) is 1.15. The van der Waals surface area contributed by atoms with Crippen LogP contribution >= 0.6 is 0 Å². The van der Waals surface area contributed by atoms with Crippen LogP contribution in [0.5, 0.6) is 0 Å². The number of hydrogen-bond acceptors (Lipinski definition) is 2. The zero-order valence-electron chi connectivity index (χ0n) is 8.33. The fourth-order valence-electron chi connectivity index (χ4n) is 1.34. The van der Waals surface area contributed by atoms with E-state index in [0.29, 0.717) is 12.1 Å². The summed E-state index contributed by atoms with van der Waals surface area (Å²) in [4.78, 5) is 0. The van der Waals surface area contributed by atoms with Gasteiger partial charge in [0.15, 0.2) is 0 Å². The smallest absolute Gasteiger partial charge is 0.0728 e. The van der Waals surface area contributed by atoms with Crippen molar-refractivity contribution in [3.63, 3.8) is 0 Å². The van der Waals surface area contributed by atoms with Crippen molar-refractivity contribution < 1.29 is 0 Å². The first kappa shape index (κ1) is 8.60. The van der Waals surface area contributed by atoms with Crippen molar-refractivity contribution in [1.82, 2.24) is 9.78 Å². The molecular weight excluding hydrogens is 162 g/mol. The van der Waals surface area contributed by atoms with Crippen LogP contribution in [0.1, 0.15) is 39.2 Å². The first-order valence-corrected chi connectivity index (χ1v) is 5.10. The molecule has 1 atom stereocenters. The largest absolute Gasteiger partial charge is 0.380 e. The molecule has 0 spiro atoms. The Morgan fingerprint density at radius 2 is 2.46 bits per heavy atom. The van der Waals surface area contributed by atoms with Gasteiger partial charge in [0.1, 0.15) is 0 Å². The molecule has 3 nitrogen and oxygen atoms in total. The van der Waals surface area contributed by atoms with Crippen LogP contribution in [-0.4, -0.2) is 15.8 Å². The van der Waals surface area contributed by atoms with E-state index in [1.54, 1.807) is 0 Å². The van der Waals surface area contributed by atoms with Crippen molar-refractivity contribution in [1.29, 1.82) is 0 Å². The molecular formula is C10H17N3.